The van der Waals surface area contributed by atoms with E-state index in [0.717, 1.165) is 6.07 Å². The summed E-state index contributed by atoms with van der Waals surface area (Å²) >= 11 is 0. The molecule has 0 amide bonds. The minimum Gasteiger partial charge on any atom is -0.283 e. The number of sulfonamides is 1. The molecule has 0 spiro atoms. The molecule has 0 aromatic heterocycles. The van der Waals surface area contributed by atoms with Gasteiger partial charge in [0.25, 0.3) is 10.0 Å². The fourth-order valence-electron chi connectivity index (χ4n) is 1.79. The molecule has 98 valence electrons. The molecular weight excluding hydrogens is 253 g/mol. The summed E-state index contributed by atoms with van der Waals surface area (Å²) in [4.78, 5) is -0.00130. The summed E-state index contributed by atoms with van der Waals surface area (Å²) in [6.07, 6.45) is 1.77. The van der Waals surface area contributed by atoms with Gasteiger partial charge in [-0.3, -0.25) is 4.72 Å². The molecule has 5 heteroatoms. The van der Waals surface area contributed by atoms with Crippen molar-refractivity contribution in [2.75, 3.05) is 0 Å². The highest BCUT2D eigenvalue weighted by atomic mass is 32.2. The van der Waals surface area contributed by atoms with Crippen LogP contribution in [0, 0.1) is 18.2 Å². The molecule has 1 aromatic carbocycles. The summed E-state index contributed by atoms with van der Waals surface area (Å²) in [5.74, 6) is -0.508. The summed E-state index contributed by atoms with van der Waals surface area (Å²) < 4.78 is 40.1. The molecule has 1 aromatic rings. The Kier molecular flexibility index (Phi) is 2.77. The van der Waals surface area contributed by atoms with E-state index in [1.807, 2.05) is 20.8 Å². The van der Waals surface area contributed by atoms with Crippen LogP contribution in [0.4, 0.5) is 4.39 Å². The molecule has 1 heterocycles. The number of benzene rings is 1. The molecule has 0 unspecified atom stereocenters. The van der Waals surface area contributed by atoms with E-state index in [0.29, 0.717) is 16.8 Å². The van der Waals surface area contributed by atoms with Crippen molar-refractivity contribution in [3.8, 4) is 0 Å². The Balaban J connectivity index is 2.73. The molecule has 0 aliphatic carbocycles. The number of allylic oxidation sites excluding steroid dienone is 1. The van der Waals surface area contributed by atoms with Crippen LogP contribution < -0.4 is 4.72 Å². The molecule has 0 saturated heterocycles. The SMILES string of the molecule is Cc1cc2c(cc1F)S(=O)(=O)NC(C(C)(C)C)=C2. The molecule has 0 saturated carbocycles. The zero-order valence-corrected chi connectivity index (χ0v) is 11.7. The van der Waals surface area contributed by atoms with E-state index in [1.54, 1.807) is 19.1 Å². The minimum absolute atomic E-state index is 0.00130. The third kappa shape index (κ3) is 2.14. The van der Waals surface area contributed by atoms with E-state index in [9.17, 15) is 12.8 Å². The summed E-state index contributed by atoms with van der Waals surface area (Å²) in [7, 11) is -3.67. The summed E-state index contributed by atoms with van der Waals surface area (Å²) in [6.45, 7) is 7.38. The van der Waals surface area contributed by atoms with Gasteiger partial charge >= 0.3 is 0 Å². The first kappa shape index (κ1) is 13.1. The van der Waals surface area contributed by atoms with Crippen molar-refractivity contribution >= 4 is 16.1 Å². The standard InChI is InChI=1S/C13H16FNO2S/c1-8-5-9-6-12(13(2,3)4)15-18(16,17)11(9)7-10(8)14/h5-7,15H,1-4H3. The lowest BCUT2D eigenvalue weighted by atomic mass is 9.91. The summed E-state index contributed by atoms with van der Waals surface area (Å²) in [6, 6.07) is 2.64. The topological polar surface area (TPSA) is 46.2 Å². The maximum Gasteiger partial charge on any atom is 0.262 e. The smallest absolute Gasteiger partial charge is 0.262 e. The maximum absolute atomic E-state index is 13.5. The Labute approximate surface area is 107 Å². The van der Waals surface area contributed by atoms with Gasteiger partial charge in [0.05, 0.1) is 4.90 Å². The van der Waals surface area contributed by atoms with Crippen LogP contribution in [-0.2, 0) is 10.0 Å². The fraction of sp³-hybridized carbons (Fsp3) is 0.385. The Morgan fingerprint density at radius 1 is 1.22 bits per heavy atom. The molecule has 0 atom stereocenters. The van der Waals surface area contributed by atoms with Crippen molar-refractivity contribution in [3.63, 3.8) is 0 Å². The molecule has 1 aliphatic heterocycles. The first-order valence-corrected chi connectivity index (χ1v) is 7.15. The maximum atomic E-state index is 13.5. The number of hydrogen-bond acceptors (Lipinski definition) is 2. The van der Waals surface area contributed by atoms with Gasteiger partial charge in [-0.05, 0) is 36.3 Å². The van der Waals surface area contributed by atoms with E-state index in [1.165, 1.54) is 0 Å². The highest BCUT2D eigenvalue weighted by molar-refractivity contribution is 7.89. The number of rotatable bonds is 0. The lowest BCUT2D eigenvalue weighted by Gasteiger charge is -2.28. The van der Waals surface area contributed by atoms with Crippen molar-refractivity contribution in [2.24, 2.45) is 5.41 Å². The first-order valence-electron chi connectivity index (χ1n) is 5.66. The van der Waals surface area contributed by atoms with Crippen molar-refractivity contribution in [2.45, 2.75) is 32.6 Å². The monoisotopic (exact) mass is 269 g/mol. The van der Waals surface area contributed by atoms with E-state index in [4.69, 9.17) is 0 Å². The van der Waals surface area contributed by atoms with Crippen LogP contribution in [0.25, 0.3) is 6.08 Å². The van der Waals surface area contributed by atoms with Crippen molar-refractivity contribution in [1.82, 2.24) is 4.72 Å². The quantitative estimate of drug-likeness (QED) is 0.787. The van der Waals surface area contributed by atoms with E-state index >= 15 is 0 Å². The van der Waals surface area contributed by atoms with E-state index in [-0.39, 0.29) is 10.3 Å². The number of hydrogen-bond donors (Lipinski definition) is 1. The van der Waals surface area contributed by atoms with Crippen LogP contribution >= 0.6 is 0 Å². The van der Waals surface area contributed by atoms with Gasteiger partial charge in [-0.1, -0.05) is 20.8 Å². The van der Waals surface area contributed by atoms with Crippen LogP contribution in [0.15, 0.2) is 22.7 Å². The molecule has 3 nitrogen and oxygen atoms in total. The first-order chi connectivity index (χ1) is 8.11. The van der Waals surface area contributed by atoms with E-state index in [2.05, 4.69) is 4.72 Å². The van der Waals surface area contributed by atoms with Gasteiger partial charge in [0, 0.05) is 11.1 Å². The zero-order valence-electron chi connectivity index (χ0n) is 10.8. The van der Waals surface area contributed by atoms with Crippen LogP contribution in [0.3, 0.4) is 0 Å². The van der Waals surface area contributed by atoms with Crippen LogP contribution in [0.5, 0.6) is 0 Å². The second-order valence-corrected chi connectivity index (χ2v) is 7.20. The fourth-order valence-corrected chi connectivity index (χ4v) is 3.24. The number of halogens is 1. The lowest BCUT2D eigenvalue weighted by Crippen LogP contribution is -2.33. The zero-order chi connectivity index (χ0) is 13.7. The number of fused-ring (bicyclic) bond motifs is 1. The molecule has 1 aliphatic rings. The molecule has 0 radical (unpaired) electrons. The molecular formula is C13H16FNO2S. The second-order valence-electron chi connectivity index (χ2n) is 5.55. The predicted molar refractivity (Wildman–Crippen MR) is 68.9 cm³/mol. The third-order valence-electron chi connectivity index (χ3n) is 2.93. The molecule has 18 heavy (non-hydrogen) atoms. The van der Waals surface area contributed by atoms with Crippen molar-refractivity contribution in [1.29, 1.82) is 0 Å². The highest BCUT2D eigenvalue weighted by Gasteiger charge is 2.30. The van der Waals surface area contributed by atoms with Gasteiger partial charge in [-0.2, -0.15) is 0 Å². The van der Waals surface area contributed by atoms with Gasteiger partial charge in [0.1, 0.15) is 5.82 Å². The largest absolute Gasteiger partial charge is 0.283 e. The summed E-state index contributed by atoms with van der Waals surface area (Å²) in [5, 5.41) is 0. The van der Waals surface area contributed by atoms with Gasteiger partial charge in [0.2, 0.25) is 0 Å². The van der Waals surface area contributed by atoms with Crippen molar-refractivity contribution < 1.29 is 12.8 Å². The Morgan fingerprint density at radius 3 is 2.39 bits per heavy atom. The molecule has 0 fully saturated rings. The molecule has 0 bridgehead atoms. The minimum atomic E-state index is -3.67. The lowest BCUT2D eigenvalue weighted by molar-refractivity contribution is 0.481. The molecule has 1 N–H and O–H groups in total. The second kappa shape index (κ2) is 3.82. The normalized spacial score (nSPS) is 17.7. The average molecular weight is 269 g/mol. The number of aryl methyl sites for hydroxylation is 1. The van der Waals surface area contributed by atoms with Crippen molar-refractivity contribution in [3.05, 3.63) is 34.8 Å². The summed E-state index contributed by atoms with van der Waals surface area (Å²) in [5.41, 5.74) is 1.28. The van der Waals surface area contributed by atoms with Gasteiger partial charge in [0.15, 0.2) is 0 Å². The van der Waals surface area contributed by atoms with E-state index < -0.39 is 15.8 Å². The Morgan fingerprint density at radius 2 is 1.83 bits per heavy atom. The average Bonchev–Trinajstić information content (AvgIpc) is 2.19. The predicted octanol–water partition coefficient (Wildman–Crippen LogP) is 2.81. The third-order valence-corrected chi connectivity index (χ3v) is 4.35. The van der Waals surface area contributed by atoms with Crippen LogP contribution in [0.1, 0.15) is 31.9 Å². The van der Waals surface area contributed by atoms with Gasteiger partial charge in [-0.25, -0.2) is 12.8 Å². The van der Waals surface area contributed by atoms with Crippen LogP contribution in [0.2, 0.25) is 0 Å². The number of nitrogens with one attached hydrogen (secondary N) is 1. The Bertz CT molecular complexity index is 640. The van der Waals surface area contributed by atoms with Crippen LogP contribution in [-0.4, -0.2) is 8.42 Å². The van der Waals surface area contributed by atoms with Gasteiger partial charge < -0.3 is 0 Å². The highest BCUT2D eigenvalue weighted by Crippen LogP contribution is 2.33. The Hall–Kier alpha value is -1.36. The van der Waals surface area contributed by atoms with Gasteiger partial charge in [-0.15, -0.1) is 0 Å². The molecule has 2 rings (SSSR count).